The van der Waals surface area contributed by atoms with E-state index in [1.54, 1.807) is 0 Å². The van der Waals surface area contributed by atoms with Crippen LogP contribution in [-0.4, -0.2) is 31.4 Å². The van der Waals surface area contributed by atoms with E-state index in [-0.39, 0.29) is 29.3 Å². The molecular formula is C10H14N2O4. The first kappa shape index (κ1) is 12.1. The summed E-state index contributed by atoms with van der Waals surface area (Å²) < 4.78 is 10.0. The third-order valence-electron chi connectivity index (χ3n) is 1.96. The van der Waals surface area contributed by atoms with Gasteiger partial charge in [0.2, 0.25) is 0 Å². The van der Waals surface area contributed by atoms with E-state index >= 15 is 0 Å². The van der Waals surface area contributed by atoms with E-state index in [0.717, 1.165) is 0 Å². The van der Waals surface area contributed by atoms with Gasteiger partial charge in [-0.3, -0.25) is 0 Å². The molecule has 0 spiro atoms. The Hall–Kier alpha value is -1.95. The molecule has 0 fully saturated rings. The summed E-state index contributed by atoms with van der Waals surface area (Å²) in [7, 11) is 1.53. The zero-order valence-electron chi connectivity index (χ0n) is 8.90. The van der Waals surface area contributed by atoms with Crippen LogP contribution in [0.3, 0.4) is 0 Å². The third-order valence-corrected chi connectivity index (χ3v) is 1.96. The van der Waals surface area contributed by atoms with Crippen LogP contribution in [0.25, 0.3) is 0 Å². The minimum absolute atomic E-state index is 0.0113. The van der Waals surface area contributed by atoms with Crippen LogP contribution < -0.4 is 16.2 Å². The molecule has 0 aliphatic rings. The number of methoxy groups -OCH3 is 1. The molecule has 1 aromatic rings. The van der Waals surface area contributed by atoms with Gasteiger partial charge in [-0.25, -0.2) is 4.79 Å². The summed E-state index contributed by atoms with van der Waals surface area (Å²) in [6, 6.07) is 2.67. The average Bonchev–Trinajstić information content (AvgIpc) is 2.23. The molecule has 5 N–H and O–H groups in total. The van der Waals surface area contributed by atoms with E-state index in [4.69, 9.17) is 26.0 Å². The smallest absolute Gasteiger partial charge is 0.339 e. The number of ether oxygens (including phenoxy) is 2. The van der Waals surface area contributed by atoms with Crippen LogP contribution in [0.4, 0.5) is 11.4 Å². The number of nitrogens with two attached hydrogens (primary N) is 2. The number of anilines is 2. The first-order valence-corrected chi connectivity index (χ1v) is 4.60. The third kappa shape index (κ3) is 2.77. The Bertz CT molecular complexity index is 393. The maximum Gasteiger partial charge on any atom is 0.339 e. The summed E-state index contributed by atoms with van der Waals surface area (Å²) in [5, 5.41) is 8.93. The number of rotatable bonds is 5. The van der Waals surface area contributed by atoms with Crippen LogP contribution in [0.2, 0.25) is 0 Å². The zero-order chi connectivity index (χ0) is 12.1. The van der Waals surface area contributed by atoms with Gasteiger partial charge in [0.15, 0.2) is 0 Å². The van der Waals surface area contributed by atoms with Gasteiger partial charge in [-0.05, 0) is 6.07 Å². The summed E-state index contributed by atoms with van der Waals surface area (Å²) in [6.45, 7) is 0.615. The Morgan fingerprint density at radius 1 is 1.31 bits per heavy atom. The molecule has 0 unspecified atom stereocenters. The molecule has 16 heavy (non-hydrogen) atoms. The lowest BCUT2D eigenvalue weighted by Gasteiger charge is -2.11. The van der Waals surface area contributed by atoms with Crippen molar-refractivity contribution in [2.45, 2.75) is 0 Å². The van der Waals surface area contributed by atoms with Crippen molar-refractivity contribution >= 4 is 17.3 Å². The second kappa shape index (κ2) is 5.22. The molecule has 0 aliphatic heterocycles. The average molecular weight is 226 g/mol. The Balaban J connectivity index is 2.95. The number of carbonyl (C=O) groups is 1. The number of hydrogen-bond acceptors (Lipinski definition) is 5. The van der Waals surface area contributed by atoms with Gasteiger partial charge in [-0.1, -0.05) is 0 Å². The van der Waals surface area contributed by atoms with E-state index < -0.39 is 5.97 Å². The summed E-state index contributed by atoms with van der Waals surface area (Å²) in [4.78, 5) is 10.9. The van der Waals surface area contributed by atoms with Gasteiger partial charge in [0.25, 0.3) is 0 Å². The van der Waals surface area contributed by atoms with E-state index in [9.17, 15) is 4.79 Å². The lowest BCUT2D eigenvalue weighted by molar-refractivity contribution is 0.0690. The Kier molecular flexibility index (Phi) is 3.96. The van der Waals surface area contributed by atoms with Crippen molar-refractivity contribution in [1.29, 1.82) is 0 Å². The van der Waals surface area contributed by atoms with Crippen molar-refractivity contribution in [1.82, 2.24) is 0 Å². The van der Waals surface area contributed by atoms with Crippen molar-refractivity contribution in [2.24, 2.45) is 0 Å². The molecule has 88 valence electrons. The highest BCUT2D eigenvalue weighted by atomic mass is 16.5. The fourth-order valence-electron chi connectivity index (χ4n) is 1.13. The van der Waals surface area contributed by atoms with Gasteiger partial charge >= 0.3 is 5.97 Å². The molecule has 0 aromatic heterocycles. The number of benzene rings is 1. The quantitative estimate of drug-likeness (QED) is 0.500. The first-order chi connectivity index (χ1) is 7.56. The molecule has 1 aromatic carbocycles. The maximum atomic E-state index is 10.9. The standard InChI is InChI=1S/C10H14N2O4/c1-15-2-3-16-9-5-8(12)7(11)4-6(9)10(13)14/h4-5H,2-3,11-12H2,1H3,(H,13,14). The Labute approximate surface area is 92.8 Å². The lowest BCUT2D eigenvalue weighted by atomic mass is 10.1. The molecule has 0 amide bonds. The van der Waals surface area contributed by atoms with Crippen molar-refractivity contribution in [2.75, 3.05) is 31.8 Å². The monoisotopic (exact) mass is 226 g/mol. The normalized spacial score (nSPS) is 10.1. The van der Waals surface area contributed by atoms with Gasteiger partial charge in [0.05, 0.1) is 18.0 Å². The molecular weight excluding hydrogens is 212 g/mol. The number of hydrogen-bond donors (Lipinski definition) is 3. The summed E-state index contributed by atoms with van der Waals surface area (Å²) in [6.07, 6.45) is 0. The Morgan fingerprint density at radius 2 is 1.94 bits per heavy atom. The molecule has 0 saturated heterocycles. The fourth-order valence-corrected chi connectivity index (χ4v) is 1.13. The number of carboxylic acids is 1. The summed E-state index contributed by atoms with van der Waals surface area (Å²) in [5.41, 5.74) is 11.6. The highest BCUT2D eigenvalue weighted by molar-refractivity contribution is 5.93. The van der Waals surface area contributed by atoms with Crippen molar-refractivity contribution in [3.8, 4) is 5.75 Å². The second-order valence-corrected chi connectivity index (χ2v) is 3.12. The van der Waals surface area contributed by atoms with E-state index in [0.29, 0.717) is 6.61 Å². The minimum Gasteiger partial charge on any atom is -0.490 e. The fraction of sp³-hybridized carbons (Fsp3) is 0.300. The maximum absolute atomic E-state index is 10.9. The van der Waals surface area contributed by atoms with Gasteiger partial charge in [0.1, 0.15) is 17.9 Å². The highest BCUT2D eigenvalue weighted by Gasteiger charge is 2.13. The van der Waals surface area contributed by atoms with Gasteiger partial charge < -0.3 is 26.0 Å². The van der Waals surface area contributed by atoms with E-state index in [1.807, 2.05) is 0 Å². The molecule has 0 atom stereocenters. The topological polar surface area (TPSA) is 108 Å². The minimum atomic E-state index is -1.11. The summed E-state index contributed by atoms with van der Waals surface area (Å²) >= 11 is 0. The number of aromatic carboxylic acids is 1. The SMILES string of the molecule is COCCOc1cc(N)c(N)cc1C(=O)O. The predicted octanol–water partition coefficient (Wildman–Crippen LogP) is 0.574. The van der Waals surface area contributed by atoms with Crippen LogP contribution in [-0.2, 0) is 4.74 Å². The zero-order valence-corrected chi connectivity index (χ0v) is 8.90. The highest BCUT2D eigenvalue weighted by Crippen LogP contribution is 2.27. The van der Waals surface area contributed by atoms with Crippen molar-refractivity contribution in [3.05, 3.63) is 17.7 Å². The largest absolute Gasteiger partial charge is 0.490 e. The lowest BCUT2D eigenvalue weighted by Crippen LogP contribution is -2.09. The molecule has 0 saturated carbocycles. The van der Waals surface area contributed by atoms with E-state index in [2.05, 4.69) is 0 Å². The van der Waals surface area contributed by atoms with Crippen LogP contribution in [0, 0.1) is 0 Å². The number of nitrogen functional groups attached to an aromatic ring is 2. The first-order valence-electron chi connectivity index (χ1n) is 4.60. The molecule has 6 heteroatoms. The van der Waals surface area contributed by atoms with Gasteiger partial charge in [-0.2, -0.15) is 0 Å². The molecule has 0 heterocycles. The Morgan fingerprint density at radius 3 is 2.50 bits per heavy atom. The van der Waals surface area contributed by atoms with Crippen molar-refractivity contribution in [3.63, 3.8) is 0 Å². The van der Waals surface area contributed by atoms with Crippen LogP contribution in [0.5, 0.6) is 5.75 Å². The molecule has 0 bridgehead atoms. The van der Waals surface area contributed by atoms with Gasteiger partial charge in [-0.15, -0.1) is 0 Å². The van der Waals surface area contributed by atoms with E-state index in [1.165, 1.54) is 19.2 Å². The molecule has 1 rings (SSSR count). The van der Waals surface area contributed by atoms with Crippen molar-refractivity contribution < 1.29 is 19.4 Å². The van der Waals surface area contributed by atoms with Crippen LogP contribution >= 0.6 is 0 Å². The van der Waals surface area contributed by atoms with Gasteiger partial charge in [0, 0.05) is 13.2 Å². The summed E-state index contributed by atoms with van der Waals surface area (Å²) in [5.74, 6) is -0.921. The van der Waals surface area contributed by atoms with Crippen LogP contribution in [0.1, 0.15) is 10.4 Å². The molecule has 0 radical (unpaired) electrons. The molecule has 0 aliphatic carbocycles. The number of carboxylic acid groups (broad SMARTS) is 1. The predicted molar refractivity (Wildman–Crippen MR) is 59.6 cm³/mol. The second-order valence-electron chi connectivity index (χ2n) is 3.12. The molecule has 6 nitrogen and oxygen atoms in total. The van der Waals surface area contributed by atoms with Crippen LogP contribution in [0.15, 0.2) is 12.1 Å².